The van der Waals surface area contributed by atoms with Crippen LogP contribution in [0.15, 0.2) is 0 Å². The quantitative estimate of drug-likeness (QED) is 0.332. The Balaban J connectivity index is 2.42. The Morgan fingerprint density at radius 1 is 1.00 bits per heavy atom. The molecule has 88 valence electrons. The molecule has 2 fully saturated rings. The van der Waals surface area contributed by atoms with E-state index in [2.05, 4.69) is 74.3 Å². The van der Waals surface area contributed by atoms with Crippen LogP contribution in [0.1, 0.15) is 25.7 Å². The normalized spacial score (nSPS) is 34.8. The zero-order chi connectivity index (χ0) is 11.5. The molecule has 2 unspecified atom stereocenters. The van der Waals surface area contributed by atoms with Gasteiger partial charge in [-0.1, -0.05) is 12.8 Å². The van der Waals surface area contributed by atoms with Gasteiger partial charge in [0, 0.05) is 4.66 Å². The topological polar surface area (TPSA) is 0 Å². The Labute approximate surface area is 126 Å². The van der Waals surface area contributed by atoms with Crippen molar-refractivity contribution in [3.63, 3.8) is 0 Å². The van der Waals surface area contributed by atoms with Gasteiger partial charge in [-0.3, -0.25) is 0 Å². The van der Waals surface area contributed by atoms with Gasteiger partial charge in [0.2, 0.25) is 10.6 Å². The predicted octanol–water partition coefficient (Wildman–Crippen LogP) is 5.81. The zero-order valence-electron chi connectivity index (χ0n) is 8.99. The Bertz CT molecular complexity index is 254. The first-order valence-electron chi connectivity index (χ1n) is 5.44. The molecule has 0 aromatic rings. The molecule has 0 N–H and O–H groups in total. The van der Waals surface area contributed by atoms with Crippen LogP contribution >= 0.6 is 61.2 Å². The van der Waals surface area contributed by atoms with Crippen LogP contribution < -0.4 is 0 Å². The smallest absolute Gasteiger partial charge is 0.111 e. The number of halogens is 4. The van der Waals surface area contributed by atoms with Gasteiger partial charge in [0.1, 0.15) is 0 Å². The minimum absolute atomic E-state index is 0.531. The van der Waals surface area contributed by atoms with Crippen LogP contribution in [-0.4, -0.2) is 10.6 Å². The lowest BCUT2D eigenvalue weighted by Crippen LogP contribution is -2.51. The fourth-order valence-electron chi connectivity index (χ4n) is 3.79. The van der Waals surface area contributed by atoms with E-state index in [1.807, 2.05) is 0 Å². The van der Waals surface area contributed by atoms with Crippen LogP contribution in [0.3, 0.4) is 0 Å². The number of hydrogen-bond donors (Lipinski definition) is 0. The van der Waals surface area contributed by atoms with Crippen molar-refractivity contribution in [3.8, 4) is 0 Å². The summed E-state index contributed by atoms with van der Waals surface area (Å²) in [7, 11) is 0. The number of hydrogen-bond acceptors (Lipinski definition) is 0. The lowest BCUT2D eigenvalue weighted by Gasteiger charge is -2.49. The molecular formula is C9H16Br4Si2. The highest BCUT2D eigenvalue weighted by Gasteiger charge is 2.67. The van der Waals surface area contributed by atoms with E-state index in [0.29, 0.717) is 4.66 Å². The summed E-state index contributed by atoms with van der Waals surface area (Å²) < 4.78 is 0.531. The first-order valence-corrected chi connectivity index (χ1v) is 19.5. The van der Waals surface area contributed by atoms with E-state index >= 15 is 0 Å². The molecule has 0 nitrogen and oxygen atoms in total. The molecule has 0 radical (unpaired) electrons. The summed E-state index contributed by atoms with van der Waals surface area (Å²) in [6.45, 7) is 4.84. The molecule has 2 bridgehead atoms. The van der Waals surface area contributed by atoms with Crippen molar-refractivity contribution in [1.29, 1.82) is 0 Å². The molecule has 2 aliphatic carbocycles. The molecule has 0 spiro atoms. The minimum Gasteiger partial charge on any atom is -0.111 e. The molecule has 0 aromatic heterocycles. The third kappa shape index (κ3) is 2.07. The summed E-state index contributed by atoms with van der Waals surface area (Å²) in [4.78, 5) is 0. The SMILES string of the molecule is C[Si](Br)(Br)C1([Si](C)(Br)Br)CC2CCC1C2. The zero-order valence-corrected chi connectivity index (χ0v) is 17.3. The van der Waals surface area contributed by atoms with E-state index < -0.39 is 10.6 Å². The molecule has 0 saturated heterocycles. The predicted molar refractivity (Wildman–Crippen MR) is 87.1 cm³/mol. The molecule has 15 heavy (non-hydrogen) atoms. The van der Waals surface area contributed by atoms with Gasteiger partial charge in [-0.2, -0.15) is 0 Å². The van der Waals surface area contributed by atoms with Crippen LogP contribution in [0.4, 0.5) is 0 Å². The van der Waals surface area contributed by atoms with E-state index in [0.717, 1.165) is 11.8 Å². The summed E-state index contributed by atoms with van der Waals surface area (Å²) in [6, 6.07) is 0. The van der Waals surface area contributed by atoms with Crippen molar-refractivity contribution >= 4 is 71.8 Å². The summed E-state index contributed by atoms with van der Waals surface area (Å²) >= 11 is 16.1. The monoisotopic (exact) mass is 496 g/mol. The van der Waals surface area contributed by atoms with Gasteiger partial charge in [0.15, 0.2) is 0 Å². The maximum atomic E-state index is 4.03. The molecule has 2 aliphatic rings. The summed E-state index contributed by atoms with van der Waals surface area (Å²) in [5.41, 5.74) is 0. The van der Waals surface area contributed by atoms with Gasteiger partial charge >= 0.3 is 0 Å². The van der Waals surface area contributed by atoms with Crippen LogP contribution in [-0.2, 0) is 0 Å². The van der Waals surface area contributed by atoms with Gasteiger partial charge < -0.3 is 0 Å². The third-order valence-corrected chi connectivity index (χ3v) is 24.7. The Hall–Kier alpha value is 2.35. The summed E-state index contributed by atoms with van der Waals surface area (Å²) in [5.74, 6) is 1.94. The summed E-state index contributed by atoms with van der Waals surface area (Å²) in [6.07, 6.45) is 5.82. The highest BCUT2D eigenvalue weighted by molar-refractivity contribution is 9.53. The van der Waals surface area contributed by atoms with Gasteiger partial charge in [-0.25, -0.2) is 0 Å². The average Bonchev–Trinajstić information content (AvgIpc) is 2.57. The average molecular weight is 500 g/mol. The molecule has 2 atom stereocenters. The minimum atomic E-state index is -1.47. The van der Waals surface area contributed by atoms with Crippen LogP contribution in [0.5, 0.6) is 0 Å². The maximum absolute atomic E-state index is 4.03. The van der Waals surface area contributed by atoms with E-state index in [1.165, 1.54) is 25.7 Å². The molecule has 6 heteroatoms. The Morgan fingerprint density at radius 3 is 1.73 bits per heavy atom. The molecule has 0 heterocycles. The van der Waals surface area contributed by atoms with Crippen LogP contribution in [0.2, 0.25) is 17.8 Å². The molecule has 0 amide bonds. The van der Waals surface area contributed by atoms with E-state index in [9.17, 15) is 0 Å². The second-order valence-electron chi connectivity index (χ2n) is 5.33. The Morgan fingerprint density at radius 2 is 1.53 bits per heavy atom. The van der Waals surface area contributed by atoms with Gasteiger partial charge in [-0.05, 0) is 37.8 Å². The highest BCUT2D eigenvalue weighted by Crippen LogP contribution is 2.73. The fraction of sp³-hybridized carbons (Fsp3) is 1.00. The first-order chi connectivity index (χ1) is 6.68. The van der Waals surface area contributed by atoms with Crippen LogP contribution in [0.25, 0.3) is 0 Å². The third-order valence-electron chi connectivity index (χ3n) is 4.42. The highest BCUT2D eigenvalue weighted by atomic mass is 79.9. The number of rotatable bonds is 2. The van der Waals surface area contributed by atoms with Crippen molar-refractivity contribution in [1.82, 2.24) is 0 Å². The van der Waals surface area contributed by atoms with Gasteiger partial charge in [0.25, 0.3) is 0 Å². The molecule has 2 rings (SSSR count). The first kappa shape index (κ1) is 13.8. The van der Waals surface area contributed by atoms with Crippen molar-refractivity contribution in [2.75, 3.05) is 0 Å². The van der Waals surface area contributed by atoms with Crippen LogP contribution in [0, 0.1) is 11.8 Å². The second kappa shape index (κ2) is 4.18. The molecule has 0 aliphatic heterocycles. The van der Waals surface area contributed by atoms with Crippen molar-refractivity contribution in [3.05, 3.63) is 0 Å². The largest absolute Gasteiger partial charge is 0.203 e. The van der Waals surface area contributed by atoms with Gasteiger partial charge in [-0.15, -0.1) is 61.2 Å². The standard InChI is InChI=1S/C9H16Br4Si2/c1-14(10,11)9(15(2,12)13)6-7-3-4-8(9)5-7/h7-8H,3-6H2,1-2H3. The maximum Gasteiger partial charge on any atom is 0.203 e. The lowest BCUT2D eigenvalue weighted by molar-refractivity contribution is 0.435. The fourth-order valence-corrected chi connectivity index (χ4v) is 39.8. The summed E-state index contributed by atoms with van der Waals surface area (Å²) in [5, 5.41) is -2.94. The number of fused-ring (bicyclic) bond motifs is 2. The lowest BCUT2D eigenvalue weighted by atomic mass is 9.99. The van der Waals surface area contributed by atoms with E-state index in [4.69, 9.17) is 0 Å². The second-order valence-corrected chi connectivity index (χ2v) is 36.6. The van der Waals surface area contributed by atoms with E-state index in [-0.39, 0.29) is 0 Å². The van der Waals surface area contributed by atoms with E-state index in [1.54, 1.807) is 0 Å². The Kier molecular flexibility index (Phi) is 3.84. The van der Waals surface area contributed by atoms with Gasteiger partial charge in [0.05, 0.1) is 0 Å². The van der Waals surface area contributed by atoms with Crippen molar-refractivity contribution < 1.29 is 0 Å². The molecule has 0 aromatic carbocycles. The molecule has 2 saturated carbocycles. The van der Waals surface area contributed by atoms with Crippen molar-refractivity contribution in [2.24, 2.45) is 11.8 Å². The molecular weight excluding hydrogens is 484 g/mol. The van der Waals surface area contributed by atoms with Crippen molar-refractivity contribution in [2.45, 2.75) is 43.4 Å².